The summed E-state index contributed by atoms with van der Waals surface area (Å²) in [5.74, 6) is 0. The number of rotatable bonds is 8. The molecule has 51 heavy (non-hydrogen) atoms. The molecular weight excluding hydrogens is 812 g/mol. The van der Waals surface area contributed by atoms with Crippen LogP contribution in [0.5, 0.6) is 0 Å². The SMILES string of the molecule is Cc1cc(C)c(N=Cc2cccc(-c3ccccn3)n2)c(Cc2cc(C)cc(C)c2N=Cc2cccc(-c3ccccn3)n2)c1.[Cl-].[Cl-].[Cl-].[Cl-].[Co+2].[Co+2]. The molecule has 0 spiro atoms. The predicted molar refractivity (Wildman–Crippen MR) is 184 cm³/mol. The van der Waals surface area contributed by atoms with Gasteiger partial charge in [-0.05, 0) is 98.5 Å². The summed E-state index contributed by atoms with van der Waals surface area (Å²) in [6, 6.07) is 32.3. The molecule has 0 fully saturated rings. The molecule has 2 aromatic carbocycles. The zero-order valence-corrected chi connectivity index (χ0v) is 33.2. The largest absolute Gasteiger partial charge is 2.00 e. The van der Waals surface area contributed by atoms with Gasteiger partial charge in [-0.25, -0.2) is 9.97 Å². The number of nitrogens with zero attached hydrogens (tertiary/aromatic N) is 6. The van der Waals surface area contributed by atoms with Gasteiger partial charge in [0, 0.05) is 18.8 Å². The van der Waals surface area contributed by atoms with E-state index in [0.29, 0.717) is 6.42 Å². The smallest absolute Gasteiger partial charge is 1.00 e. The molecule has 0 saturated carbocycles. The molecule has 0 saturated heterocycles. The fourth-order valence-corrected chi connectivity index (χ4v) is 5.56. The third-order valence-electron chi connectivity index (χ3n) is 7.48. The van der Waals surface area contributed by atoms with Gasteiger partial charge in [-0.3, -0.25) is 20.0 Å². The van der Waals surface area contributed by atoms with E-state index in [1.54, 1.807) is 12.4 Å². The molecule has 4 heterocycles. The minimum atomic E-state index is 0. The Kier molecular flexibility index (Phi) is 21.0. The normalized spacial score (nSPS) is 10.1. The average Bonchev–Trinajstić information content (AvgIpc) is 3.05. The Morgan fingerprint density at radius 3 is 1.25 bits per heavy atom. The van der Waals surface area contributed by atoms with Crippen molar-refractivity contribution in [2.45, 2.75) is 34.1 Å². The Hall–Kier alpha value is -3.45. The zero-order valence-electron chi connectivity index (χ0n) is 28.1. The van der Waals surface area contributed by atoms with E-state index < -0.39 is 0 Å². The van der Waals surface area contributed by atoms with Crippen molar-refractivity contribution in [3.63, 3.8) is 0 Å². The van der Waals surface area contributed by atoms with E-state index in [4.69, 9.17) is 20.0 Å². The van der Waals surface area contributed by atoms with Crippen molar-refractivity contribution in [2.75, 3.05) is 0 Å². The van der Waals surface area contributed by atoms with Gasteiger partial charge in [0.25, 0.3) is 0 Å². The van der Waals surface area contributed by atoms with Crippen LogP contribution in [-0.4, -0.2) is 32.4 Å². The monoisotopic (exact) mass is 844 g/mol. The Morgan fingerprint density at radius 1 is 0.490 bits per heavy atom. The summed E-state index contributed by atoms with van der Waals surface area (Å²) in [5.41, 5.74) is 13.7. The maximum atomic E-state index is 4.99. The van der Waals surface area contributed by atoms with Gasteiger partial charge in [0.1, 0.15) is 0 Å². The third kappa shape index (κ3) is 12.3. The van der Waals surface area contributed by atoms with Gasteiger partial charge in [-0.15, -0.1) is 0 Å². The van der Waals surface area contributed by atoms with Crippen molar-refractivity contribution >= 4 is 23.8 Å². The Balaban J connectivity index is 0.00000417. The van der Waals surface area contributed by atoms with E-state index >= 15 is 0 Å². The van der Waals surface area contributed by atoms with E-state index in [9.17, 15) is 0 Å². The van der Waals surface area contributed by atoms with Crippen LogP contribution < -0.4 is 49.6 Å². The predicted octanol–water partition coefficient (Wildman–Crippen LogP) is -3.06. The topological polar surface area (TPSA) is 76.3 Å². The molecule has 0 bridgehead atoms. The third-order valence-corrected chi connectivity index (χ3v) is 7.48. The second-order valence-corrected chi connectivity index (χ2v) is 11.2. The first-order valence-electron chi connectivity index (χ1n) is 15.0. The van der Waals surface area contributed by atoms with Gasteiger partial charge in [-0.1, -0.05) is 59.7 Å². The first-order valence-corrected chi connectivity index (χ1v) is 15.0. The van der Waals surface area contributed by atoms with Gasteiger partial charge in [-0.2, -0.15) is 0 Å². The fourth-order valence-electron chi connectivity index (χ4n) is 5.56. The van der Waals surface area contributed by atoms with E-state index in [-0.39, 0.29) is 83.2 Å². The zero-order chi connectivity index (χ0) is 31.2. The second kappa shape index (κ2) is 22.5. The van der Waals surface area contributed by atoms with Crippen LogP contribution in [0.25, 0.3) is 22.8 Å². The summed E-state index contributed by atoms with van der Waals surface area (Å²) >= 11 is 0. The van der Waals surface area contributed by atoms with Crippen LogP contribution in [0.1, 0.15) is 44.8 Å². The molecule has 266 valence electrons. The van der Waals surface area contributed by atoms with E-state index in [1.165, 1.54) is 11.1 Å². The van der Waals surface area contributed by atoms with Crippen LogP contribution in [0.4, 0.5) is 11.4 Å². The van der Waals surface area contributed by atoms with Crippen LogP contribution in [0.3, 0.4) is 0 Å². The van der Waals surface area contributed by atoms with Gasteiger partial charge in [0.2, 0.25) is 0 Å². The number of aliphatic imine (C=N–C) groups is 2. The average molecular weight is 846 g/mol. The van der Waals surface area contributed by atoms with Crippen molar-refractivity contribution in [3.8, 4) is 22.8 Å². The first-order chi connectivity index (χ1) is 21.9. The molecule has 4 aromatic heterocycles. The standard InChI is InChI=1S/C39H34N6.4ClH.2Co/c1-26-19-28(3)38(42-24-32-11-9-15-36(44-32)34-13-5-7-17-40-34)30(21-26)23-31-22-27(2)20-29(4)39(31)43-25-33-12-10-16-37(45-33)35-14-6-8-18-41-35;;;;;;/h5-22,24-25H,23H2,1-4H3;4*1H;;/q;;;;;2*+2/p-4. The van der Waals surface area contributed by atoms with Crippen LogP contribution >= 0.6 is 0 Å². The number of aryl methyl sites for hydroxylation is 4. The van der Waals surface area contributed by atoms with Crippen LogP contribution in [0.2, 0.25) is 0 Å². The van der Waals surface area contributed by atoms with E-state index in [1.807, 2.05) is 85.2 Å². The molecule has 0 aliphatic carbocycles. The van der Waals surface area contributed by atoms with Crippen molar-refractivity contribution in [1.82, 2.24) is 19.9 Å². The quantitative estimate of drug-likeness (QED) is 0.153. The maximum Gasteiger partial charge on any atom is 2.00 e. The summed E-state index contributed by atoms with van der Waals surface area (Å²) < 4.78 is 0. The van der Waals surface area contributed by atoms with Gasteiger partial charge in [0.15, 0.2) is 0 Å². The molecule has 2 radical (unpaired) electrons. The van der Waals surface area contributed by atoms with Crippen molar-refractivity contribution < 1.29 is 83.2 Å². The molecule has 6 rings (SSSR count). The number of aromatic nitrogens is 4. The molecule has 12 heteroatoms. The van der Waals surface area contributed by atoms with Crippen molar-refractivity contribution in [2.24, 2.45) is 9.98 Å². The second-order valence-electron chi connectivity index (χ2n) is 11.2. The molecule has 0 N–H and O–H groups in total. The summed E-state index contributed by atoms with van der Waals surface area (Å²) in [6.45, 7) is 8.48. The summed E-state index contributed by atoms with van der Waals surface area (Å²) in [4.78, 5) is 28.5. The summed E-state index contributed by atoms with van der Waals surface area (Å²) in [7, 11) is 0. The molecule has 0 aliphatic heterocycles. The Morgan fingerprint density at radius 2 is 0.882 bits per heavy atom. The van der Waals surface area contributed by atoms with Gasteiger partial charge >= 0.3 is 33.6 Å². The number of halogens is 4. The molecule has 0 amide bonds. The van der Waals surface area contributed by atoms with E-state index in [2.05, 4.69) is 61.9 Å². The molecular formula is C39H34Cl4Co2N6. The van der Waals surface area contributed by atoms with Crippen LogP contribution in [0.15, 0.2) is 119 Å². The fraction of sp³-hybridized carbons (Fsp3) is 0.128. The first kappa shape index (κ1) is 47.6. The molecule has 0 unspecified atom stereocenters. The molecule has 0 aliphatic rings. The number of hydrogen-bond donors (Lipinski definition) is 0. The maximum absolute atomic E-state index is 4.99. The molecule has 0 atom stereocenters. The van der Waals surface area contributed by atoms with Gasteiger partial charge < -0.3 is 49.6 Å². The Labute approximate surface area is 345 Å². The number of hydrogen-bond acceptors (Lipinski definition) is 6. The van der Waals surface area contributed by atoms with E-state index in [0.717, 1.165) is 67.8 Å². The van der Waals surface area contributed by atoms with Gasteiger partial charge in [0.05, 0.1) is 58.0 Å². The Bertz CT molecular complexity index is 1900. The summed E-state index contributed by atoms with van der Waals surface area (Å²) in [5, 5.41) is 0. The number of pyridine rings is 4. The minimum Gasteiger partial charge on any atom is -1.00 e. The molecule has 6 nitrogen and oxygen atoms in total. The number of benzene rings is 2. The van der Waals surface area contributed by atoms with Crippen molar-refractivity contribution in [3.05, 3.63) is 154 Å². The van der Waals surface area contributed by atoms with Crippen LogP contribution in [0, 0.1) is 27.7 Å². The van der Waals surface area contributed by atoms with Crippen LogP contribution in [-0.2, 0) is 40.0 Å². The summed E-state index contributed by atoms with van der Waals surface area (Å²) in [6.07, 6.45) is 7.93. The molecule has 6 aromatic rings. The van der Waals surface area contributed by atoms with Crippen molar-refractivity contribution in [1.29, 1.82) is 0 Å². The minimum absolute atomic E-state index is 0.